The number of hydrogen-bond donors (Lipinski definition) is 0. The van der Waals surface area contributed by atoms with Gasteiger partial charge in [-0.25, -0.2) is 0 Å². The molecule has 2 fully saturated rings. The van der Waals surface area contributed by atoms with Crippen LogP contribution in [0.5, 0.6) is 0 Å². The van der Waals surface area contributed by atoms with Gasteiger partial charge in [0.1, 0.15) is 0 Å². The molecule has 0 spiro atoms. The summed E-state index contributed by atoms with van der Waals surface area (Å²) in [5, 5.41) is 0. The topological polar surface area (TPSA) is 36.0 Å². The summed E-state index contributed by atoms with van der Waals surface area (Å²) in [6.07, 6.45) is 0. The van der Waals surface area contributed by atoms with Gasteiger partial charge in [0.05, 0.1) is 19.8 Å². The van der Waals surface area contributed by atoms with Gasteiger partial charge < -0.3 is 9.64 Å². The normalized spacial score (nSPS) is 22.0. The van der Waals surface area contributed by atoms with Gasteiger partial charge in [-0.1, -0.05) is 30.3 Å². The maximum Gasteiger partial charge on any atom is 0.236 e. The van der Waals surface area contributed by atoms with Crippen molar-refractivity contribution in [3.63, 3.8) is 0 Å². The van der Waals surface area contributed by atoms with E-state index >= 15 is 0 Å². The van der Waals surface area contributed by atoms with Crippen LogP contribution in [0.25, 0.3) is 0 Å². The number of benzene rings is 1. The minimum absolute atomic E-state index is 0.248. The molecule has 2 aliphatic rings. The predicted molar refractivity (Wildman–Crippen MR) is 90.3 cm³/mol. The fourth-order valence-corrected chi connectivity index (χ4v) is 3.36. The number of hydrogen-bond acceptors (Lipinski definition) is 4. The molecule has 1 aromatic carbocycles. The molecule has 2 saturated heterocycles. The Morgan fingerprint density at radius 3 is 2.35 bits per heavy atom. The average Bonchev–Trinajstić information content (AvgIpc) is 2.63. The minimum Gasteiger partial charge on any atom is -0.378 e. The quantitative estimate of drug-likeness (QED) is 0.837. The number of morpholine rings is 1. The van der Waals surface area contributed by atoms with E-state index in [0.717, 1.165) is 39.3 Å². The number of ether oxygens (including phenoxy) is 1. The van der Waals surface area contributed by atoms with Crippen LogP contribution in [0.3, 0.4) is 0 Å². The largest absolute Gasteiger partial charge is 0.378 e. The van der Waals surface area contributed by atoms with Gasteiger partial charge in [-0.15, -0.1) is 0 Å². The van der Waals surface area contributed by atoms with E-state index in [1.165, 1.54) is 5.56 Å². The zero-order chi connectivity index (χ0) is 16.1. The number of carbonyl (C=O) groups excluding carboxylic acids is 1. The van der Waals surface area contributed by atoms with Gasteiger partial charge in [-0.3, -0.25) is 14.6 Å². The first kappa shape index (κ1) is 16.4. The molecule has 1 amide bonds. The predicted octanol–water partition coefficient (Wildman–Crippen LogP) is 1.22. The number of amides is 1. The second-order valence-electron chi connectivity index (χ2n) is 6.39. The van der Waals surface area contributed by atoms with Crippen molar-refractivity contribution in [1.82, 2.24) is 14.7 Å². The highest BCUT2D eigenvalue weighted by atomic mass is 16.5. The smallest absolute Gasteiger partial charge is 0.236 e. The summed E-state index contributed by atoms with van der Waals surface area (Å²) in [5.74, 6) is 0.248. The molecule has 1 unspecified atom stereocenters. The maximum absolute atomic E-state index is 12.3. The summed E-state index contributed by atoms with van der Waals surface area (Å²) in [5.41, 5.74) is 1.37. The van der Waals surface area contributed by atoms with Gasteiger partial charge in [0.2, 0.25) is 5.91 Å². The Bertz CT molecular complexity index is 494. The Hall–Kier alpha value is -1.43. The summed E-state index contributed by atoms with van der Waals surface area (Å²) in [4.78, 5) is 19.0. The number of nitrogens with zero attached hydrogens (tertiary/aromatic N) is 3. The highest BCUT2D eigenvalue weighted by Gasteiger charge is 2.25. The van der Waals surface area contributed by atoms with Crippen LogP contribution in [0.15, 0.2) is 30.3 Å². The lowest BCUT2D eigenvalue weighted by molar-refractivity contribution is -0.137. The summed E-state index contributed by atoms with van der Waals surface area (Å²) in [7, 11) is 0. The Labute approximate surface area is 138 Å². The van der Waals surface area contributed by atoms with Crippen molar-refractivity contribution in [1.29, 1.82) is 0 Å². The van der Waals surface area contributed by atoms with Crippen molar-refractivity contribution in [3.05, 3.63) is 35.9 Å². The zero-order valence-corrected chi connectivity index (χ0v) is 14.0. The van der Waals surface area contributed by atoms with Crippen LogP contribution in [0.2, 0.25) is 0 Å². The van der Waals surface area contributed by atoms with E-state index in [-0.39, 0.29) is 5.91 Å². The molecule has 5 nitrogen and oxygen atoms in total. The zero-order valence-electron chi connectivity index (χ0n) is 14.0. The van der Waals surface area contributed by atoms with Crippen molar-refractivity contribution in [2.45, 2.75) is 13.0 Å². The summed E-state index contributed by atoms with van der Waals surface area (Å²) in [6, 6.07) is 11.1. The fourth-order valence-electron chi connectivity index (χ4n) is 3.36. The SMILES string of the molecule is CC(c1ccccc1)N1CCN(CC(=O)N2CCOCC2)CC1. The fraction of sp³-hybridized carbons (Fsp3) is 0.611. The molecule has 2 heterocycles. The van der Waals surface area contributed by atoms with Crippen molar-refractivity contribution in [2.24, 2.45) is 0 Å². The van der Waals surface area contributed by atoms with E-state index in [9.17, 15) is 4.79 Å². The van der Waals surface area contributed by atoms with Gasteiger partial charge in [0, 0.05) is 45.3 Å². The molecule has 0 radical (unpaired) electrons. The molecule has 1 aromatic rings. The van der Waals surface area contributed by atoms with Crippen molar-refractivity contribution in [3.8, 4) is 0 Å². The monoisotopic (exact) mass is 317 g/mol. The van der Waals surface area contributed by atoms with Gasteiger partial charge in [-0.05, 0) is 12.5 Å². The second kappa shape index (κ2) is 7.90. The van der Waals surface area contributed by atoms with Gasteiger partial charge >= 0.3 is 0 Å². The standard InChI is InChI=1S/C18H27N3O2/c1-16(17-5-3-2-4-6-17)20-9-7-19(8-10-20)15-18(22)21-11-13-23-14-12-21/h2-6,16H,7-15H2,1H3. The molecular formula is C18H27N3O2. The average molecular weight is 317 g/mol. The van der Waals surface area contributed by atoms with Gasteiger partial charge in [-0.2, -0.15) is 0 Å². The summed E-state index contributed by atoms with van der Waals surface area (Å²) in [6.45, 7) is 9.62. The molecular weight excluding hydrogens is 290 g/mol. The molecule has 23 heavy (non-hydrogen) atoms. The second-order valence-corrected chi connectivity index (χ2v) is 6.39. The van der Waals surface area contributed by atoms with Crippen molar-refractivity contribution < 1.29 is 9.53 Å². The molecule has 0 aromatic heterocycles. The van der Waals surface area contributed by atoms with E-state index in [4.69, 9.17) is 4.74 Å². The molecule has 0 saturated carbocycles. The number of piperazine rings is 1. The maximum atomic E-state index is 12.3. The van der Waals surface area contributed by atoms with E-state index in [0.29, 0.717) is 25.8 Å². The Morgan fingerprint density at radius 2 is 1.70 bits per heavy atom. The first-order valence-electron chi connectivity index (χ1n) is 8.61. The van der Waals surface area contributed by atoms with Crippen LogP contribution in [0.1, 0.15) is 18.5 Å². The van der Waals surface area contributed by atoms with E-state index in [2.05, 4.69) is 47.1 Å². The van der Waals surface area contributed by atoms with E-state index in [1.807, 2.05) is 4.90 Å². The Balaban J connectivity index is 1.45. The molecule has 0 bridgehead atoms. The third-order valence-electron chi connectivity index (χ3n) is 4.96. The van der Waals surface area contributed by atoms with Crippen molar-refractivity contribution >= 4 is 5.91 Å². The van der Waals surface area contributed by atoms with Crippen LogP contribution in [-0.4, -0.2) is 79.6 Å². The first-order chi connectivity index (χ1) is 11.2. The molecule has 0 aliphatic carbocycles. The number of carbonyl (C=O) groups is 1. The molecule has 126 valence electrons. The third kappa shape index (κ3) is 4.31. The number of rotatable bonds is 4. The van der Waals surface area contributed by atoms with E-state index in [1.54, 1.807) is 0 Å². The van der Waals surface area contributed by atoms with Crippen LogP contribution in [-0.2, 0) is 9.53 Å². The Kier molecular flexibility index (Phi) is 5.65. The highest BCUT2D eigenvalue weighted by Crippen LogP contribution is 2.21. The van der Waals surface area contributed by atoms with E-state index < -0.39 is 0 Å². The first-order valence-corrected chi connectivity index (χ1v) is 8.61. The third-order valence-corrected chi connectivity index (χ3v) is 4.96. The van der Waals surface area contributed by atoms with Gasteiger partial charge in [0.15, 0.2) is 0 Å². The minimum atomic E-state index is 0.248. The van der Waals surface area contributed by atoms with Crippen LogP contribution in [0.4, 0.5) is 0 Å². The Morgan fingerprint density at radius 1 is 1.04 bits per heavy atom. The van der Waals surface area contributed by atoms with Crippen molar-refractivity contribution in [2.75, 3.05) is 59.0 Å². The lowest BCUT2D eigenvalue weighted by Gasteiger charge is -2.38. The molecule has 0 N–H and O–H groups in total. The lowest BCUT2D eigenvalue weighted by Crippen LogP contribution is -2.51. The molecule has 3 rings (SSSR count). The van der Waals surface area contributed by atoms with Crippen LogP contribution >= 0.6 is 0 Å². The summed E-state index contributed by atoms with van der Waals surface area (Å²) >= 11 is 0. The summed E-state index contributed by atoms with van der Waals surface area (Å²) < 4.78 is 5.31. The lowest BCUT2D eigenvalue weighted by atomic mass is 10.1. The molecule has 2 aliphatic heterocycles. The van der Waals surface area contributed by atoms with Gasteiger partial charge in [0.25, 0.3) is 0 Å². The van der Waals surface area contributed by atoms with Crippen LogP contribution in [0, 0.1) is 0 Å². The highest BCUT2D eigenvalue weighted by molar-refractivity contribution is 5.78. The molecule has 5 heteroatoms. The molecule has 1 atom stereocenters. The van der Waals surface area contributed by atoms with Crippen LogP contribution < -0.4 is 0 Å².